The molecule has 1 aliphatic rings. The second-order valence-corrected chi connectivity index (χ2v) is 5.51. The molecule has 20 heavy (non-hydrogen) atoms. The summed E-state index contributed by atoms with van der Waals surface area (Å²) in [5.74, 6) is 0. The molecule has 1 saturated heterocycles. The number of nitrogens with zero attached hydrogens (tertiary/aromatic N) is 3. The second kappa shape index (κ2) is 5.56. The highest BCUT2D eigenvalue weighted by Crippen LogP contribution is 2.28. The molecule has 7 heteroatoms. The quantitative estimate of drug-likeness (QED) is 0.679. The number of anilines is 1. The van der Waals surface area contributed by atoms with Crippen molar-refractivity contribution in [3.63, 3.8) is 0 Å². The monoisotopic (exact) mass is 291 g/mol. The number of aromatic nitrogens is 1. The molecule has 0 radical (unpaired) electrons. The fourth-order valence-electron chi connectivity index (χ4n) is 2.24. The number of hydrogen-bond donors (Lipinski definition) is 1. The van der Waals surface area contributed by atoms with Gasteiger partial charge in [0.2, 0.25) is 0 Å². The molecule has 0 saturated carbocycles. The highest BCUT2D eigenvalue weighted by atomic mass is 32.1. The van der Waals surface area contributed by atoms with E-state index in [1.165, 1.54) is 12.1 Å². The number of benzene rings is 1. The summed E-state index contributed by atoms with van der Waals surface area (Å²) >= 11 is 1.63. The van der Waals surface area contributed by atoms with Crippen molar-refractivity contribution in [2.45, 2.75) is 0 Å². The van der Waals surface area contributed by atoms with Crippen LogP contribution in [0.15, 0.2) is 29.6 Å². The third-order valence-electron chi connectivity index (χ3n) is 3.34. The summed E-state index contributed by atoms with van der Waals surface area (Å²) in [6.07, 6.45) is 0. The van der Waals surface area contributed by atoms with Gasteiger partial charge in [0.15, 0.2) is 5.13 Å². The average Bonchev–Trinajstić information content (AvgIpc) is 2.98. The van der Waals surface area contributed by atoms with Crippen molar-refractivity contribution in [1.29, 1.82) is 0 Å². The van der Waals surface area contributed by atoms with Gasteiger partial charge in [-0.3, -0.25) is 10.1 Å². The van der Waals surface area contributed by atoms with Crippen LogP contribution in [-0.2, 0) is 0 Å². The van der Waals surface area contributed by atoms with Gasteiger partial charge in [-0.2, -0.15) is 0 Å². The first kappa shape index (κ1) is 13.0. The number of quaternary nitrogens is 1. The Bertz CT molecular complexity index is 605. The van der Waals surface area contributed by atoms with Gasteiger partial charge in [-0.15, -0.1) is 11.3 Å². The molecule has 2 N–H and O–H groups in total. The normalized spacial score (nSPS) is 15.3. The van der Waals surface area contributed by atoms with Crippen LogP contribution in [0, 0.1) is 10.1 Å². The first-order valence-electron chi connectivity index (χ1n) is 6.51. The van der Waals surface area contributed by atoms with E-state index < -0.39 is 0 Å². The van der Waals surface area contributed by atoms with Crippen molar-refractivity contribution in [2.75, 3.05) is 31.1 Å². The number of nitro benzene ring substituents is 1. The molecule has 0 amide bonds. The lowest BCUT2D eigenvalue weighted by molar-refractivity contribution is -0.655. The zero-order valence-corrected chi connectivity index (χ0v) is 11.7. The van der Waals surface area contributed by atoms with E-state index in [2.05, 4.69) is 15.2 Å². The maximum Gasteiger partial charge on any atom is 0.269 e. The summed E-state index contributed by atoms with van der Waals surface area (Å²) in [4.78, 5) is 17.2. The van der Waals surface area contributed by atoms with Gasteiger partial charge in [-0.05, 0) is 12.1 Å². The molecular weight excluding hydrogens is 276 g/mol. The predicted octanol–water partition coefficient (Wildman–Crippen LogP) is 1.10. The average molecular weight is 291 g/mol. The highest BCUT2D eigenvalue weighted by Gasteiger charge is 2.16. The Labute approximate surface area is 120 Å². The minimum Gasteiger partial charge on any atom is -0.343 e. The Morgan fingerprint density at radius 3 is 2.60 bits per heavy atom. The van der Waals surface area contributed by atoms with E-state index in [4.69, 9.17) is 0 Å². The van der Waals surface area contributed by atoms with Gasteiger partial charge in [0.25, 0.3) is 5.69 Å². The fourth-order valence-corrected chi connectivity index (χ4v) is 3.13. The van der Waals surface area contributed by atoms with Gasteiger partial charge in [0.1, 0.15) is 0 Å². The number of non-ortho nitro benzene ring substituents is 1. The maximum atomic E-state index is 10.6. The van der Waals surface area contributed by atoms with Crippen LogP contribution in [-0.4, -0.2) is 36.1 Å². The lowest BCUT2D eigenvalue weighted by Gasteiger charge is -2.24. The van der Waals surface area contributed by atoms with Crippen LogP contribution in [0.3, 0.4) is 0 Å². The van der Waals surface area contributed by atoms with E-state index in [9.17, 15) is 10.1 Å². The highest BCUT2D eigenvalue weighted by molar-refractivity contribution is 7.14. The smallest absolute Gasteiger partial charge is 0.269 e. The molecule has 1 aromatic heterocycles. The van der Waals surface area contributed by atoms with Gasteiger partial charge < -0.3 is 10.2 Å². The lowest BCUT2D eigenvalue weighted by atomic mass is 10.1. The molecule has 104 valence electrons. The summed E-state index contributed by atoms with van der Waals surface area (Å²) in [7, 11) is 0. The van der Waals surface area contributed by atoms with Gasteiger partial charge in [-0.25, -0.2) is 4.98 Å². The molecule has 3 rings (SSSR count). The Morgan fingerprint density at radius 2 is 1.95 bits per heavy atom. The van der Waals surface area contributed by atoms with Crippen molar-refractivity contribution in [3.8, 4) is 11.3 Å². The number of piperazine rings is 1. The summed E-state index contributed by atoms with van der Waals surface area (Å²) < 4.78 is 0. The molecule has 0 atom stereocenters. The molecule has 1 aliphatic heterocycles. The van der Waals surface area contributed by atoms with Crippen LogP contribution >= 0.6 is 11.3 Å². The molecule has 0 unspecified atom stereocenters. The minimum atomic E-state index is -0.388. The Hall–Kier alpha value is -1.99. The lowest BCUT2D eigenvalue weighted by Crippen LogP contribution is -2.89. The third kappa shape index (κ3) is 2.63. The van der Waals surface area contributed by atoms with Crippen molar-refractivity contribution in [1.82, 2.24) is 4.98 Å². The third-order valence-corrected chi connectivity index (χ3v) is 4.24. The Balaban J connectivity index is 1.80. The molecule has 2 heterocycles. The van der Waals surface area contributed by atoms with Gasteiger partial charge >= 0.3 is 0 Å². The molecule has 2 aromatic rings. The largest absolute Gasteiger partial charge is 0.343 e. The van der Waals surface area contributed by atoms with Crippen molar-refractivity contribution < 1.29 is 10.2 Å². The minimum absolute atomic E-state index is 0.107. The topological polar surface area (TPSA) is 75.9 Å². The zero-order valence-electron chi connectivity index (χ0n) is 10.9. The SMILES string of the molecule is O=[N+]([O-])c1ccc(-c2csc(N3CC[NH2+]CC3)n2)cc1. The van der Waals surface area contributed by atoms with E-state index >= 15 is 0 Å². The molecule has 0 spiro atoms. The summed E-state index contributed by atoms with van der Waals surface area (Å²) in [5.41, 5.74) is 1.91. The number of nitro groups is 1. The van der Waals surface area contributed by atoms with Crippen LogP contribution < -0.4 is 10.2 Å². The molecule has 6 nitrogen and oxygen atoms in total. The van der Waals surface area contributed by atoms with Crippen LogP contribution in [0.5, 0.6) is 0 Å². The first-order chi connectivity index (χ1) is 9.74. The zero-order chi connectivity index (χ0) is 13.9. The standard InChI is InChI=1S/C13H14N4O2S/c18-17(19)11-3-1-10(2-4-11)12-9-20-13(15-12)16-7-5-14-6-8-16/h1-4,9,14H,5-8H2/p+1. The van der Waals surface area contributed by atoms with E-state index in [1.807, 2.05) is 5.38 Å². The van der Waals surface area contributed by atoms with Crippen LogP contribution in [0.25, 0.3) is 11.3 Å². The van der Waals surface area contributed by atoms with Crippen LogP contribution in [0.1, 0.15) is 0 Å². The van der Waals surface area contributed by atoms with Gasteiger partial charge in [0.05, 0.1) is 36.8 Å². The molecular formula is C13H15N4O2S+. The molecule has 0 bridgehead atoms. The number of rotatable bonds is 3. The molecule has 1 aromatic carbocycles. The number of nitrogens with two attached hydrogens (primary N) is 1. The van der Waals surface area contributed by atoms with E-state index in [1.54, 1.807) is 23.5 Å². The summed E-state index contributed by atoms with van der Waals surface area (Å²) in [6.45, 7) is 4.25. The Morgan fingerprint density at radius 1 is 1.25 bits per heavy atom. The first-order valence-corrected chi connectivity index (χ1v) is 7.39. The fraction of sp³-hybridized carbons (Fsp3) is 0.308. The summed E-state index contributed by atoms with van der Waals surface area (Å²) in [6, 6.07) is 6.54. The maximum absolute atomic E-state index is 10.6. The van der Waals surface area contributed by atoms with Crippen molar-refractivity contribution in [3.05, 3.63) is 39.8 Å². The molecule has 1 fully saturated rings. The van der Waals surface area contributed by atoms with Crippen molar-refractivity contribution >= 4 is 22.2 Å². The summed E-state index contributed by atoms with van der Waals surface area (Å²) in [5, 5.41) is 16.0. The second-order valence-electron chi connectivity index (χ2n) is 4.67. The van der Waals surface area contributed by atoms with E-state index in [0.717, 1.165) is 42.6 Å². The molecule has 0 aliphatic carbocycles. The van der Waals surface area contributed by atoms with Crippen LogP contribution in [0.2, 0.25) is 0 Å². The van der Waals surface area contributed by atoms with E-state index in [0.29, 0.717) is 0 Å². The predicted molar refractivity (Wildman–Crippen MR) is 78.1 cm³/mol. The van der Waals surface area contributed by atoms with E-state index in [-0.39, 0.29) is 10.6 Å². The number of hydrogen-bond acceptors (Lipinski definition) is 5. The van der Waals surface area contributed by atoms with Crippen LogP contribution in [0.4, 0.5) is 10.8 Å². The Kier molecular flexibility index (Phi) is 3.62. The van der Waals surface area contributed by atoms with Gasteiger partial charge in [-0.1, -0.05) is 0 Å². The number of thiazole rings is 1. The van der Waals surface area contributed by atoms with Crippen molar-refractivity contribution in [2.24, 2.45) is 0 Å². The van der Waals surface area contributed by atoms with Gasteiger partial charge in [0, 0.05) is 23.1 Å².